The van der Waals surface area contributed by atoms with E-state index < -0.39 is 0 Å². The molecule has 0 aromatic heterocycles. The van der Waals surface area contributed by atoms with Gasteiger partial charge in [-0.3, -0.25) is 14.7 Å². The lowest BCUT2D eigenvalue weighted by Gasteiger charge is -2.37. The maximum absolute atomic E-state index is 12.3. The molecule has 0 aromatic rings. The number of carbonyl (C=O) groups is 1. The molecule has 3 aliphatic heterocycles. The number of nitrogens with one attached hydrogen (secondary N) is 1. The number of carbonyl (C=O) groups excluding carboxylic acids is 1. The van der Waals surface area contributed by atoms with Crippen molar-refractivity contribution >= 4 is 11.9 Å². The zero-order chi connectivity index (χ0) is 20.6. The van der Waals surface area contributed by atoms with Gasteiger partial charge in [-0.15, -0.1) is 0 Å². The summed E-state index contributed by atoms with van der Waals surface area (Å²) < 4.78 is 11.8. The van der Waals surface area contributed by atoms with Gasteiger partial charge < -0.3 is 24.6 Å². The molecule has 29 heavy (non-hydrogen) atoms. The maximum Gasteiger partial charge on any atom is 0.239 e. The highest BCUT2D eigenvalue weighted by atomic mass is 16.5. The van der Waals surface area contributed by atoms with Gasteiger partial charge in [0.25, 0.3) is 0 Å². The normalized spacial score (nSPS) is 28.7. The lowest BCUT2D eigenvalue weighted by Crippen LogP contribution is -2.53. The number of aliphatic imine (C=N–C) groups is 1. The van der Waals surface area contributed by atoms with E-state index in [1.807, 2.05) is 14.1 Å². The summed E-state index contributed by atoms with van der Waals surface area (Å²) >= 11 is 0. The second-order valence-electron chi connectivity index (χ2n) is 8.42. The van der Waals surface area contributed by atoms with Crippen molar-refractivity contribution in [2.24, 2.45) is 4.99 Å². The average molecular weight is 410 g/mol. The minimum Gasteiger partial charge on any atom is -0.375 e. The van der Waals surface area contributed by atoms with Crippen molar-refractivity contribution in [3.8, 4) is 0 Å². The molecule has 0 saturated carbocycles. The number of hydrogen-bond donors (Lipinski definition) is 1. The van der Waals surface area contributed by atoms with Gasteiger partial charge in [-0.05, 0) is 45.6 Å². The number of likely N-dealkylation sites (tertiary alicyclic amines) is 1. The minimum absolute atomic E-state index is 0.0497. The first-order valence-electron chi connectivity index (χ1n) is 11.3. The number of hydrogen-bond acceptors (Lipinski definition) is 5. The number of guanidine groups is 1. The zero-order valence-corrected chi connectivity index (χ0v) is 18.4. The predicted molar refractivity (Wildman–Crippen MR) is 114 cm³/mol. The summed E-state index contributed by atoms with van der Waals surface area (Å²) in [5, 5.41) is 3.44. The molecule has 166 valence electrons. The van der Waals surface area contributed by atoms with Crippen LogP contribution in [0.3, 0.4) is 0 Å². The van der Waals surface area contributed by atoms with Crippen LogP contribution >= 0.6 is 0 Å². The summed E-state index contributed by atoms with van der Waals surface area (Å²) in [6.45, 7) is 8.94. The van der Waals surface area contributed by atoms with Crippen molar-refractivity contribution in [1.82, 2.24) is 20.0 Å². The summed E-state index contributed by atoms with van der Waals surface area (Å²) in [6, 6.07) is 0.0497. The molecule has 3 saturated heterocycles. The highest BCUT2D eigenvalue weighted by Crippen LogP contribution is 2.21. The van der Waals surface area contributed by atoms with E-state index in [0.717, 1.165) is 90.5 Å². The van der Waals surface area contributed by atoms with Gasteiger partial charge in [0.1, 0.15) is 6.10 Å². The number of amides is 1. The lowest BCUT2D eigenvalue weighted by atomic mass is 10.1. The SMILES string of the molecule is CCNC(=NCCCN1CCCC1C(=O)N(C)C)N1CCOC(C2CCCO2)C1. The quantitative estimate of drug-likeness (QED) is 0.381. The smallest absolute Gasteiger partial charge is 0.239 e. The molecule has 3 unspecified atom stereocenters. The number of likely N-dealkylation sites (N-methyl/N-ethyl adjacent to an activating group) is 1. The van der Waals surface area contributed by atoms with E-state index in [9.17, 15) is 4.79 Å². The lowest BCUT2D eigenvalue weighted by molar-refractivity contribution is -0.133. The summed E-state index contributed by atoms with van der Waals surface area (Å²) in [4.78, 5) is 23.6. The van der Waals surface area contributed by atoms with E-state index in [1.165, 1.54) is 0 Å². The molecule has 0 aliphatic carbocycles. The molecule has 3 atom stereocenters. The number of nitrogens with zero attached hydrogens (tertiary/aromatic N) is 4. The van der Waals surface area contributed by atoms with Gasteiger partial charge in [0.15, 0.2) is 5.96 Å². The fourth-order valence-corrected chi connectivity index (χ4v) is 4.54. The van der Waals surface area contributed by atoms with Crippen molar-refractivity contribution in [2.45, 2.75) is 57.3 Å². The van der Waals surface area contributed by atoms with Gasteiger partial charge in [0.05, 0.1) is 18.8 Å². The molecule has 8 nitrogen and oxygen atoms in total. The highest BCUT2D eigenvalue weighted by Gasteiger charge is 2.33. The Balaban J connectivity index is 1.49. The molecule has 3 heterocycles. The predicted octanol–water partition coefficient (Wildman–Crippen LogP) is 0.774. The average Bonchev–Trinajstić information content (AvgIpc) is 3.42. The van der Waals surface area contributed by atoms with Gasteiger partial charge in [0.2, 0.25) is 5.91 Å². The molecule has 8 heteroatoms. The van der Waals surface area contributed by atoms with Crippen LogP contribution in [0, 0.1) is 0 Å². The first-order chi connectivity index (χ1) is 14.1. The fourth-order valence-electron chi connectivity index (χ4n) is 4.54. The third-order valence-electron chi connectivity index (χ3n) is 6.06. The molecule has 1 N–H and O–H groups in total. The Kier molecular flexibility index (Phi) is 8.56. The van der Waals surface area contributed by atoms with Crippen LogP contribution in [0.25, 0.3) is 0 Å². The van der Waals surface area contributed by atoms with Crippen LogP contribution in [0.5, 0.6) is 0 Å². The van der Waals surface area contributed by atoms with Crippen LogP contribution in [-0.4, -0.2) is 111 Å². The van der Waals surface area contributed by atoms with E-state index in [1.54, 1.807) is 4.90 Å². The molecule has 0 bridgehead atoms. The van der Waals surface area contributed by atoms with E-state index >= 15 is 0 Å². The molecular weight excluding hydrogens is 370 g/mol. The summed E-state index contributed by atoms with van der Waals surface area (Å²) in [5.41, 5.74) is 0. The summed E-state index contributed by atoms with van der Waals surface area (Å²) in [6.07, 6.45) is 5.63. The van der Waals surface area contributed by atoms with E-state index in [-0.39, 0.29) is 24.2 Å². The van der Waals surface area contributed by atoms with Crippen molar-refractivity contribution < 1.29 is 14.3 Å². The molecule has 1 amide bonds. The largest absolute Gasteiger partial charge is 0.375 e. The van der Waals surface area contributed by atoms with Crippen LogP contribution in [-0.2, 0) is 14.3 Å². The van der Waals surface area contributed by atoms with E-state index in [4.69, 9.17) is 14.5 Å². The molecule has 0 aromatic carbocycles. The van der Waals surface area contributed by atoms with Crippen molar-refractivity contribution in [2.75, 3.05) is 66.6 Å². The third-order valence-corrected chi connectivity index (χ3v) is 6.06. The molecule has 0 spiro atoms. The van der Waals surface area contributed by atoms with E-state index in [0.29, 0.717) is 0 Å². The van der Waals surface area contributed by atoms with Crippen molar-refractivity contribution in [3.05, 3.63) is 0 Å². The van der Waals surface area contributed by atoms with Crippen LogP contribution in [0.2, 0.25) is 0 Å². The van der Waals surface area contributed by atoms with Gasteiger partial charge in [-0.1, -0.05) is 0 Å². The second kappa shape index (κ2) is 11.1. The first-order valence-corrected chi connectivity index (χ1v) is 11.3. The maximum atomic E-state index is 12.3. The van der Waals surface area contributed by atoms with Gasteiger partial charge >= 0.3 is 0 Å². The highest BCUT2D eigenvalue weighted by molar-refractivity contribution is 5.81. The third kappa shape index (κ3) is 6.06. The summed E-state index contributed by atoms with van der Waals surface area (Å²) in [7, 11) is 3.69. The second-order valence-corrected chi connectivity index (χ2v) is 8.42. The first kappa shape index (κ1) is 22.3. The number of rotatable bonds is 7. The Bertz CT molecular complexity index is 550. The van der Waals surface area contributed by atoms with Crippen molar-refractivity contribution in [3.63, 3.8) is 0 Å². The Morgan fingerprint density at radius 3 is 2.69 bits per heavy atom. The Hall–Kier alpha value is -1.38. The molecule has 0 radical (unpaired) electrons. The van der Waals surface area contributed by atoms with E-state index in [2.05, 4.69) is 22.0 Å². The van der Waals surface area contributed by atoms with Crippen LogP contribution < -0.4 is 5.32 Å². The number of morpholine rings is 1. The Morgan fingerprint density at radius 2 is 1.97 bits per heavy atom. The van der Waals surface area contributed by atoms with Crippen molar-refractivity contribution in [1.29, 1.82) is 0 Å². The monoisotopic (exact) mass is 409 g/mol. The topological polar surface area (TPSA) is 69.6 Å². The van der Waals surface area contributed by atoms with Gasteiger partial charge in [-0.2, -0.15) is 0 Å². The number of ether oxygens (including phenoxy) is 2. The zero-order valence-electron chi connectivity index (χ0n) is 18.4. The molecule has 3 rings (SSSR count). The summed E-state index contributed by atoms with van der Waals surface area (Å²) in [5.74, 6) is 1.20. The van der Waals surface area contributed by atoms with Gasteiger partial charge in [0, 0.05) is 53.4 Å². The molecule has 3 fully saturated rings. The van der Waals surface area contributed by atoms with Crippen LogP contribution in [0.15, 0.2) is 4.99 Å². The standard InChI is InChI=1S/C21H39N5O3/c1-4-22-21(26-13-15-29-19(16-26)18-9-6-14-28-18)23-10-7-12-25-11-5-8-17(25)20(27)24(2)3/h17-19H,4-16H2,1-3H3,(H,22,23). The minimum atomic E-state index is 0.0497. The fraction of sp³-hybridized carbons (Fsp3) is 0.905. The van der Waals surface area contributed by atoms with Crippen LogP contribution in [0.1, 0.15) is 39.0 Å². The Morgan fingerprint density at radius 1 is 1.14 bits per heavy atom. The molecular formula is C21H39N5O3. The van der Waals surface area contributed by atoms with Crippen LogP contribution in [0.4, 0.5) is 0 Å². The molecule has 3 aliphatic rings. The van der Waals surface area contributed by atoms with Gasteiger partial charge in [-0.25, -0.2) is 0 Å². The Labute approximate surface area is 175 Å².